The van der Waals surface area contributed by atoms with E-state index in [1.54, 1.807) is 24.3 Å². The Bertz CT molecular complexity index is 806. The molecular formula is C16H15ClN2O5S. The summed E-state index contributed by atoms with van der Waals surface area (Å²) in [6.45, 7) is 0.903. The van der Waals surface area contributed by atoms with Gasteiger partial charge in [-0.3, -0.25) is 9.59 Å². The fourth-order valence-corrected chi connectivity index (χ4v) is 2.84. The van der Waals surface area contributed by atoms with Crippen molar-refractivity contribution in [1.82, 2.24) is 0 Å². The van der Waals surface area contributed by atoms with Gasteiger partial charge < -0.3 is 20.1 Å². The van der Waals surface area contributed by atoms with Crippen molar-refractivity contribution in [1.29, 1.82) is 0 Å². The standard InChI is InChI=1S/C16H15ClN2O5S/c1-9(20)18-10-3-4-12(23-2)11(7-10)19-15(21)8-24-16(22)13-5-6-14(17)25-13/h3-7H,8H2,1-2H3,(H,18,20)(H,19,21). The molecule has 0 saturated heterocycles. The number of ether oxygens (including phenoxy) is 2. The summed E-state index contributed by atoms with van der Waals surface area (Å²) in [6.07, 6.45) is 0. The van der Waals surface area contributed by atoms with Crippen LogP contribution in [0.3, 0.4) is 0 Å². The molecule has 0 radical (unpaired) electrons. The second-order valence-electron chi connectivity index (χ2n) is 4.82. The first kappa shape index (κ1) is 18.8. The summed E-state index contributed by atoms with van der Waals surface area (Å²) in [5.74, 6) is -1.02. The molecular weight excluding hydrogens is 368 g/mol. The van der Waals surface area contributed by atoms with Crippen molar-refractivity contribution in [3.8, 4) is 5.75 Å². The number of carbonyl (C=O) groups excluding carboxylic acids is 3. The van der Waals surface area contributed by atoms with Gasteiger partial charge in [-0.2, -0.15) is 0 Å². The van der Waals surface area contributed by atoms with Crippen LogP contribution in [0, 0.1) is 0 Å². The Balaban J connectivity index is 1.99. The molecule has 0 unspecified atom stereocenters. The smallest absolute Gasteiger partial charge is 0.348 e. The third kappa shape index (κ3) is 5.47. The molecule has 0 bridgehead atoms. The Morgan fingerprint density at radius 1 is 1.16 bits per heavy atom. The maximum Gasteiger partial charge on any atom is 0.348 e. The second kappa shape index (κ2) is 8.50. The van der Waals surface area contributed by atoms with Crippen molar-refractivity contribution in [2.45, 2.75) is 6.92 Å². The van der Waals surface area contributed by atoms with Gasteiger partial charge in [0.15, 0.2) is 6.61 Å². The summed E-state index contributed by atoms with van der Waals surface area (Å²) < 4.78 is 10.5. The minimum Gasteiger partial charge on any atom is -0.495 e. The van der Waals surface area contributed by atoms with E-state index in [1.165, 1.54) is 20.1 Å². The molecule has 1 aromatic heterocycles. The lowest BCUT2D eigenvalue weighted by Crippen LogP contribution is -2.21. The van der Waals surface area contributed by atoms with E-state index >= 15 is 0 Å². The van der Waals surface area contributed by atoms with Crippen LogP contribution in [0.15, 0.2) is 30.3 Å². The van der Waals surface area contributed by atoms with Crippen molar-refractivity contribution >= 4 is 52.1 Å². The zero-order valence-electron chi connectivity index (χ0n) is 13.4. The molecule has 1 aromatic carbocycles. The highest BCUT2D eigenvalue weighted by molar-refractivity contribution is 7.17. The molecule has 25 heavy (non-hydrogen) atoms. The van der Waals surface area contributed by atoms with E-state index in [-0.39, 0.29) is 5.91 Å². The summed E-state index contributed by atoms with van der Waals surface area (Å²) in [5, 5.41) is 5.17. The van der Waals surface area contributed by atoms with Crippen molar-refractivity contribution in [3.63, 3.8) is 0 Å². The molecule has 1 heterocycles. The molecule has 2 amide bonds. The number of hydrogen-bond acceptors (Lipinski definition) is 6. The first-order valence-electron chi connectivity index (χ1n) is 7.07. The van der Waals surface area contributed by atoms with E-state index in [0.29, 0.717) is 26.3 Å². The molecule has 132 valence electrons. The molecule has 7 nitrogen and oxygen atoms in total. The lowest BCUT2D eigenvalue weighted by molar-refractivity contribution is -0.119. The first-order valence-corrected chi connectivity index (χ1v) is 8.26. The van der Waals surface area contributed by atoms with Gasteiger partial charge in [0.1, 0.15) is 10.6 Å². The number of anilines is 2. The Morgan fingerprint density at radius 3 is 2.52 bits per heavy atom. The third-order valence-electron chi connectivity index (χ3n) is 2.90. The minimum absolute atomic E-state index is 0.244. The van der Waals surface area contributed by atoms with Crippen LogP contribution in [-0.2, 0) is 14.3 Å². The maximum atomic E-state index is 12.0. The molecule has 0 atom stereocenters. The van der Waals surface area contributed by atoms with Gasteiger partial charge in [0.25, 0.3) is 5.91 Å². The molecule has 2 aromatic rings. The van der Waals surface area contributed by atoms with Crippen LogP contribution >= 0.6 is 22.9 Å². The predicted molar refractivity (Wildman–Crippen MR) is 95.5 cm³/mol. The molecule has 0 aliphatic rings. The van der Waals surface area contributed by atoms with E-state index in [2.05, 4.69) is 10.6 Å². The number of amides is 2. The average Bonchev–Trinajstić information content (AvgIpc) is 2.99. The van der Waals surface area contributed by atoms with Crippen LogP contribution in [0.2, 0.25) is 4.34 Å². The van der Waals surface area contributed by atoms with Gasteiger partial charge in [-0.25, -0.2) is 4.79 Å². The van der Waals surface area contributed by atoms with Gasteiger partial charge in [0.2, 0.25) is 5.91 Å². The third-order valence-corrected chi connectivity index (χ3v) is 4.11. The number of thiophene rings is 1. The highest BCUT2D eigenvalue weighted by Gasteiger charge is 2.14. The zero-order chi connectivity index (χ0) is 18.4. The largest absolute Gasteiger partial charge is 0.495 e. The number of methoxy groups -OCH3 is 1. The van der Waals surface area contributed by atoms with Crippen molar-refractivity contribution in [2.75, 3.05) is 24.4 Å². The number of rotatable bonds is 6. The topological polar surface area (TPSA) is 93.7 Å². The highest BCUT2D eigenvalue weighted by Crippen LogP contribution is 2.28. The van der Waals surface area contributed by atoms with Crippen molar-refractivity contribution in [2.24, 2.45) is 0 Å². The summed E-state index contributed by atoms with van der Waals surface area (Å²) in [5.41, 5.74) is 0.836. The summed E-state index contributed by atoms with van der Waals surface area (Å²) >= 11 is 6.81. The van der Waals surface area contributed by atoms with Gasteiger partial charge in [-0.1, -0.05) is 11.6 Å². The fraction of sp³-hybridized carbons (Fsp3) is 0.188. The maximum absolute atomic E-state index is 12.0. The zero-order valence-corrected chi connectivity index (χ0v) is 15.0. The monoisotopic (exact) mass is 382 g/mol. The lowest BCUT2D eigenvalue weighted by atomic mass is 10.2. The van der Waals surface area contributed by atoms with Gasteiger partial charge >= 0.3 is 5.97 Å². The Hall–Kier alpha value is -2.58. The van der Waals surface area contributed by atoms with Crippen LogP contribution in [0.5, 0.6) is 5.75 Å². The summed E-state index contributed by atoms with van der Waals surface area (Å²) in [6, 6.07) is 7.87. The first-order chi connectivity index (χ1) is 11.9. The lowest BCUT2D eigenvalue weighted by Gasteiger charge is -2.12. The number of hydrogen-bond donors (Lipinski definition) is 2. The predicted octanol–water partition coefficient (Wildman–Crippen LogP) is 3.16. The number of halogens is 1. The SMILES string of the molecule is COc1ccc(NC(C)=O)cc1NC(=O)COC(=O)c1ccc(Cl)s1. The summed E-state index contributed by atoms with van der Waals surface area (Å²) in [4.78, 5) is 35.2. The van der Waals surface area contributed by atoms with Gasteiger partial charge in [0, 0.05) is 12.6 Å². The van der Waals surface area contributed by atoms with Gasteiger partial charge in [0.05, 0.1) is 17.1 Å². The van der Waals surface area contributed by atoms with Crippen LogP contribution in [-0.4, -0.2) is 31.5 Å². The molecule has 2 rings (SSSR count). The van der Waals surface area contributed by atoms with E-state index in [9.17, 15) is 14.4 Å². The van der Waals surface area contributed by atoms with E-state index in [4.69, 9.17) is 21.1 Å². The van der Waals surface area contributed by atoms with Crippen LogP contribution < -0.4 is 15.4 Å². The number of nitrogens with one attached hydrogen (secondary N) is 2. The molecule has 0 fully saturated rings. The van der Waals surface area contributed by atoms with Gasteiger partial charge in [-0.05, 0) is 30.3 Å². The molecule has 0 saturated carbocycles. The Morgan fingerprint density at radius 2 is 1.92 bits per heavy atom. The molecule has 9 heteroatoms. The second-order valence-corrected chi connectivity index (χ2v) is 6.54. The average molecular weight is 383 g/mol. The van der Waals surface area contributed by atoms with E-state index in [1.807, 2.05) is 0 Å². The van der Waals surface area contributed by atoms with Crippen LogP contribution in [0.25, 0.3) is 0 Å². The fourth-order valence-electron chi connectivity index (χ4n) is 1.90. The van der Waals surface area contributed by atoms with E-state index < -0.39 is 18.5 Å². The quantitative estimate of drug-likeness (QED) is 0.748. The minimum atomic E-state index is -0.633. The molecule has 2 N–H and O–H groups in total. The van der Waals surface area contributed by atoms with Crippen LogP contribution in [0.4, 0.5) is 11.4 Å². The van der Waals surface area contributed by atoms with Crippen molar-refractivity contribution < 1.29 is 23.9 Å². The van der Waals surface area contributed by atoms with Gasteiger partial charge in [-0.15, -0.1) is 11.3 Å². The molecule has 0 spiro atoms. The normalized spacial score (nSPS) is 10.0. The van der Waals surface area contributed by atoms with E-state index in [0.717, 1.165) is 11.3 Å². The van der Waals surface area contributed by atoms with Crippen LogP contribution in [0.1, 0.15) is 16.6 Å². The van der Waals surface area contributed by atoms with Crippen molar-refractivity contribution in [3.05, 3.63) is 39.5 Å². The number of benzene rings is 1. The number of carbonyl (C=O) groups is 3. The summed E-state index contributed by atoms with van der Waals surface area (Å²) in [7, 11) is 1.45. The Kier molecular flexibility index (Phi) is 6.37. The highest BCUT2D eigenvalue weighted by atomic mass is 35.5. The Labute approximate surface area is 152 Å². The molecule has 0 aliphatic heterocycles. The molecule has 0 aliphatic carbocycles. The number of esters is 1.